The summed E-state index contributed by atoms with van der Waals surface area (Å²) in [7, 11) is 0. The van der Waals surface area contributed by atoms with Gasteiger partial charge in [-0.15, -0.1) is 0 Å². The zero-order valence-corrected chi connectivity index (χ0v) is 22.0. The number of nitriles is 1. The molecule has 0 amide bonds. The van der Waals surface area contributed by atoms with Crippen LogP contribution in [0.3, 0.4) is 0 Å². The fourth-order valence-corrected chi connectivity index (χ4v) is 4.03. The van der Waals surface area contributed by atoms with E-state index in [4.69, 9.17) is 15.1 Å². The minimum Gasteiger partial charge on any atom is -0.477 e. The Morgan fingerprint density at radius 1 is 0.794 bits per heavy atom. The average Bonchev–Trinajstić information content (AvgIpc) is 2.84. The third-order valence-electron chi connectivity index (χ3n) is 5.00. The molecule has 0 bridgehead atoms. The number of carboxylic acid groups (broad SMARTS) is 1. The maximum absolute atomic E-state index is 11.1. The van der Waals surface area contributed by atoms with Gasteiger partial charge >= 0.3 is 5.97 Å². The summed E-state index contributed by atoms with van der Waals surface area (Å²) >= 11 is 4.56. The Hall–Kier alpha value is -3.16. The molecule has 3 aromatic carbocycles. The molecule has 1 aliphatic rings. The van der Waals surface area contributed by atoms with Crippen molar-refractivity contribution < 1.29 is 14.6 Å². The SMILES string of the molecule is N#C/C(=C/c1ccc(C=C2C=C(c3ccc(I)cc3)OC(c3ccc(I)cc3)=C2)cc1)C(=O)O. The predicted molar refractivity (Wildman–Crippen MR) is 151 cm³/mol. The highest BCUT2D eigenvalue weighted by molar-refractivity contribution is 14.1. The monoisotopic (exact) mass is 669 g/mol. The Balaban J connectivity index is 1.71. The van der Waals surface area contributed by atoms with E-state index in [0.29, 0.717) is 5.56 Å². The van der Waals surface area contributed by atoms with Crippen LogP contribution in [0.5, 0.6) is 0 Å². The van der Waals surface area contributed by atoms with Crippen LogP contribution in [0.1, 0.15) is 22.3 Å². The zero-order valence-electron chi connectivity index (χ0n) is 17.7. The Labute approximate surface area is 224 Å². The lowest BCUT2D eigenvalue weighted by molar-refractivity contribution is -0.132. The van der Waals surface area contributed by atoms with Crippen molar-refractivity contribution in [2.75, 3.05) is 0 Å². The Kier molecular flexibility index (Phi) is 7.65. The standard InChI is InChI=1S/C28H17I2NO3/c29-24-9-5-21(6-10-24)26-15-20(16-27(34-26)22-7-11-25(30)12-8-22)13-18-1-3-19(4-2-18)14-23(17-31)28(32)33/h1-16H,(H,32,33)/b23-14-. The quantitative estimate of drug-likeness (QED) is 0.175. The maximum atomic E-state index is 11.1. The molecule has 0 radical (unpaired) electrons. The molecule has 3 aromatic rings. The fourth-order valence-electron chi connectivity index (χ4n) is 3.31. The maximum Gasteiger partial charge on any atom is 0.346 e. The second-order valence-corrected chi connectivity index (χ2v) is 9.91. The van der Waals surface area contributed by atoms with Crippen LogP contribution in [0, 0.1) is 18.5 Å². The normalized spacial score (nSPS) is 13.3. The highest BCUT2D eigenvalue weighted by Crippen LogP contribution is 2.33. The van der Waals surface area contributed by atoms with Gasteiger partial charge in [0.2, 0.25) is 0 Å². The molecule has 34 heavy (non-hydrogen) atoms. The molecule has 4 nitrogen and oxygen atoms in total. The molecule has 6 heteroatoms. The molecular formula is C28H17I2NO3. The summed E-state index contributed by atoms with van der Waals surface area (Å²) in [4.78, 5) is 11.1. The van der Waals surface area contributed by atoms with Crippen LogP contribution < -0.4 is 0 Å². The van der Waals surface area contributed by atoms with Crippen molar-refractivity contribution in [3.05, 3.63) is 125 Å². The van der Waals surface area contributed by atoms with Crippen molar-refractivity contribution in [3.8, 4) is 6.07 Å². The number of benzene rings is 3. The van der Waals surface area contributed by atoms with Gasteiger partial charge in [-0.1, -0.05) is 48.5 Å². The first-order chi connectivity index (χ1) is 16.4. The van der Waals surface area contributed by atoms with Crippen molar-refractivity contribution in [2.24, 2.45) is 0 Å². The number of halogens is 2. The molecule has 1 heterocycles. The van der Waals surface area contributed by atoms with Crippen molar-refractivity contribution >= 4 is 74.8 Å². The van der Waals surface area contributed by atoms with Crippen molar-refractivity contribution in [1.82, 2.24) is 0 Å². The number of aliphatic carboxylic acids is 1. The van der Waals surface area contributed by atoms with Crippen LogP contribution in [-0.2, 0) is 9.53 Å². The zero-order chi connectivity index (χ0) is 24.1. The first kappa shape index (κ1) is 24.0. The average molecular weight is 669 g/mol. The second kappa shape index (κ2) is 10.8. The number of nitrogens with zero attached hydrogens (tertiary/aromatic N) is 1. The summed E-state index contributed by atoms with van der Waals surface area (Å²) in [5.41, 5.74) is 4.24. The molecule has 0 aliphatic carbocycles. The first-order valence-corrected chi connectivity index (χ1v) is 12.4. The number of ether oxygens (including phenoxy) is 1. The Bertz CT molecular complexity index is 1330. The molecule has 1 aliphatic heterocycles. The lowest BCUT2D eigenvalue weighted by atomic mass is 10.0. The van der Waals surface area contributed by atoms with Gasteiger partial charge in [-0.25, -0.2) is 4.79 Å². The van der Waals surface area contributed by atoms with E-state index in [-0.39, 0.29) is 5.57 Å². The lowest BCUT2D eigenvalue weighted by Crippen LogP contribution is -2.00. The molecule has 0 saturated carbocycles. The smallest absolute Gasteiger partial charge is 0.346 e. The van der Waals surface area contributed by atoms with Crippen molar-refractivity contribution in [2.45, 2.75) is 0 Å². The minimum absolute atomic E-state index is 0.300. The summed E-state index contributed by atoms with van der Waals surface area (Å²) in [5.74, 6) is 0.286. The van der Waals surface area contributed by atoms with Gasteiger partial charge in [0, 0.05) is 18.3 Å². The summed E-state index contributed by atoms with van der Waals surface area (Å²) in [5, 5.41) is 18.0. The van der Waals surface area contributed by atoms with Crippen LogP contribution in [0.25, 0.3) is 23.7 Å². The molecule has 166 valence electrons. The van der Waals surface area contributed by atoms with Crippen LogP contribution in [0.2, 0.25) is 0 Å². The number of allylic oxidation sites excluding steroid dienone is 3. The van der Waals surface area contributed by atoms with E-state index in [1.807, 2.05) is 78.9 Å². The van der Waals surface area contributed by atoms with E-state index in [2.05, 4.69) is 45.2 Å². The second-order valence-electron chi connectivity index (χ2n) is 7.42. The van der Waals surface area contributed by atoms with E-state index >= 15 is 0 Å². The first-order valence-electron chi connectivity index (χ1n) is 10.2. The van der Waals surface area contributed by atoms with Gasteiger partial charge in [0.25, 0.3) is 0 Å². The molecule has 4 rings (SSSR count). The van der Waals surface area contributed by atoms with E-state index in [0.717, 1.165) is 40.9 Å². The van der Waals surface area contributed by atoms with Gasteiger partial charge in [0.15, 0.2) is 0 Å². The summed E-state index contributed by atoms with van der Waals surface area (Å²) in [6.45, 7) is 0. The van der Waals surface area contributed by atoms with E-state index < -0.39 is 5.97 Å². The van der Waals surface area contributed by atoms with Crippen LogP contribution >= 0.6 is 45.2 Å². The highest BCUT2D eigenvalue weighted by atomic mass is 127. The van der Waals surface area contributed by atoms with Crippen molar-refractivity contribution in [1.29, 1.82) is 5.26 Å². The third kappa shape index (κ3) is 6.04. The van der Waals surface area contributed by atoms with E-state index in [1.54, 1.807) is 18.2 Å². The van der Waals surface area contributed by atoms with Crippen LogP contribution in [-0.4, -0.2) is 11.1 Å². The number of rotatable bonds is 5. The van der Waals surface area contributed by atoms with Gasteiger partial charge in [0.1, 0.15) is 23.2 Å². The fraction of sp³-hybridized carbons (Fsp3) is 0. The van der Waals surface area contributed by atoms with E-state index in [1.165, 1.54) is 6.08 Å². The van der Waals surface area contributed by atoms with Gasteiger partial charge in [0.05, 0.1) is 0 Å². The molecule has 0 saturated heterocycles. The Morgan fingerprint density at radius 2 is 1.26 bits per heavy atom. The highest BCUT2D eigenvalue weighted by Gasteiger charge is 2.15. The van der Waals surface area contributed by atoms with Gasteiger partial charge in [-0.3, -0.25) is 0 Å². The predicted octanol–water partition coefficient (Wildman–Crippen LogP) is 7.38. The number of carbonyl (C=O) groups is 1. The number of hydrogen-bond donors (Lipinski definition) is 1. The van der Waals surface area contributed by atoms with Crippen LogP contribution in [0.4, 0.5) is 0 Å². The summed E-state index contributed by atoms with van der Waals surface area (Å²) < 4.78 is 8.59. The topological polar surface area (TPSA) is 70.3 Å². The van der Waals surface area contributed by atoms with Crippen molar-refractivity contribution in [3.63, 3.8) is 0 Å². The number of carboxylic acids is 1. The molecular weight excluding hydrogens is 652 g/mol. The lowest BCUT2D eigenvalue weighted by Gasteiger charge is -2.19. The molecule has 1 N–H and O–H groups in total. The molecule has 0 fully saturated rings. The van der Waals surface area contributed by atoms with Gasteiger partial charge in [-0.2, -0.15) is 5.26 Å². The van der Waals surface area contributed by atoms with E-state index in [9.17, 15) is 4.79 Å². The van der Waals surface area contributed by atoms with Crippen LogP contribution in [0.15, 0.2) is 96.1 Å². The largest absolute Gasteiger partial charge is 0.477 e. The van der Waals surface area contributed by atoms with Gasteiger partial charge in [-0.05, 0) is 110 Å². The summed E-state index contributed by atoms with van der Waals surface area (Å²) in [6, 6.07) is 25.4. The van der Waals surface area contributed by atoms with Gasteiger partial charge < -0.3 is 9.84 Å². The number of hydrogen-bond acceptors (Lipinski definition) is 3. The molecule has 0 aromatic heterocycles. The molecule has 0 atom stereocenters. The minimum atomic E-state index is -1.24. The summed E-state index contributed by atoms with van der Waals surface area (Å²) in [6.07, 6.45) is 7.41. The molecule has 0 unspecified atom stereocenters. The Morgan fingerprint density at radius 3 is 1.71 bits per heavy atom. The third-order valence-corrected chi connectivity index (χ3v) is 6.44. The molecule has 0 spiro atoms.